The zero-order valence-electron chi connectivity index (χ0n) is 13.6. The molecule has 0 N–H and O–H groups in total. The largest absolute Gasteiger partial charge is 0.483 e. The van der Waals surface area contributed by atoms with Crippen molar-refractivity contribution in [3.63, 3.8) is 0 Å². The number of ether oxygens (including phenoxy) is 1. The van der Waals surface area contributed by atoms with E-state index in [4.69, 9.17) is 16.3 Å². The van der Waals surface area contributed by atoms with Crippen LogP contribution in [0.5, 0.6) is 0 Å². The molecule has 1 aromatic rings. The Morgan fingerprint density at radius 3 is 2.58 bits per heavy atom. The van der Waals surface area contributed by atoms with Crippen LogP contribution in [0.2, 0.25) is 5.02 Å². The number of carbonyl (C=O) groups is 2. The van der Waals surface area contributed by atoms with E-state index in [0.717, 1.165) is 31.2 Å². The first kappa shape index (κ1) is 15.7. The van der Waals surface area contributed by atoms with Crippen LogP contribution in [0.15, 0.2) is 35.6 Å². The number of ketones is 1. The molecule has 2 aliphatic heterocycles. The van der Waals surface area contributed by atoms with Crippen LogP contribution >= 0.6 is 11.6 Å². The van der Waals surface area contributed by atoms with Gasteiger partial charge in [-0.1, -0.05) is 30.2 Å². The number of rotatable bonds is 2. The first-order valence-electron chi connectivity index (χ1n) is 8.63. The first-order chi connectivity index (χ1) is 11.6. The van der Waals surface area contributed by atoms with Crippen molar-refractivity contribution >= 4 is 23.3 Å². The average Bonchev–Trinajstić information content (AvgIpc) is 2.88. The van der Waals surface area contributed by atoms with Gasteiger partial charge in [0.1, 0.15) is 6.10 Å². The van der Waals surface area contributed by atoms with Crippen molar-refractivity contribution in [2.45, 2.75) is 44.8 Å². The highest BCUT2D eigenvalue weighted by atomic mass is 35.5. The second-order valence-corrected chi connectivity index (χ2v) is 7.14. The van der Waals surface area contributed by atoms with Crippen LogP contribution in [0.4, 0.5) is 0 Å². The lowest BCUT2D eigenvalue weighted by molar-refractivity contribution is -0.135. The standard InChI is InChI=1S/C19H20ClNO3/c1-2-21-16(11-7-9-12(20)10-8-11)15-17(22)13-5-3-4-6-14(13)24-18(15)19(21)23/h7-10,13-14,16H,2-6H2,1H3. The van der Waals surface area contributed by atoms with E-state index in [1.54, 1.807) is 17.0 Å². The van der Waals surface area contributed by atoms with E-state index in [1.807, 2.05) is 19.1 Å². The molecule has 1 aromatic carbocycles. The Balaban J connectivity index is 1.80. The molecule has 24 heavy (non-hydrogen) atoms. The number of nitrogens with zero attached hydrogens (tertiary/aromatic N) is 1. The average molecular weight is 346 g/mol. The van der Waals surface area contributed by atoms with Gasteiger partial charge >= 0.3 is 0 Å². The van der Waals surface area contributed by atoms with Crippen LogP contribution < -0.4 is 0 Å². The highest BCUT2D eigenvalue weighted by molar-refractivity contribution is 6.30. The highest BCUT2D eigenvalue weighted by Crippen LogP contribution is 2.46. The van der Waals surface area contributed by atoms with Gasteiger partial charge in [0.15, 0.2) is 11.5 Å². The topological polar surface area (TPSA) is 46.6 Å². The number of likely N-dealkylation sites (N-methyl/N-ethyl adjacent to an activating group) is 1. The van der Waals surface area contributed by atoms with Crippen molar-refractivity contribution in [2.75, 3.05) is 6.54 Å². The Morgan fingerprint density at radius 1 is 1.17 bits per heavy atom. The minimum atomic E-state index is -0.356. The fraction of sp³-hybridized carbons (Fsp3) is 0.474. The van der Waals surface area contributed by atoms with Gasteiger partial charge in [-0.3, -0.25) is 9.59 Å². The molecular formula is C19H20ClNO3. The molecule has 0 spiro atoms. The van der Waals surface area contributed by atoms with E-state index in [-0.39, 0.29) is 35.5 Å². The minimum Gasteiger partial charge on any atom is -0.483 e. The van der Waals surface area contributed by atoms with Crippen LogP contribution in [0.1, 0.15) is 44.2 Å². The van der Waals surface area contributed by atoms with E-state index in [2.05, 4.69) is 0 Å². The van der Waals surface area contributed by atoms with Crippen LogP contribution in [0, 0.1) is 5.92 Å². The van der Waals surface area contributed by atoms with Crippen molar-refractivity contribution in [1.82, 2.24) is 4.90 Å². The van der Waals surface area contributed by atoms with Crippen molar-refractivity contribution in [1.29, 1.82) is 0 Å². The van der Waals surface area contributed by atoms with E-state index in [9.17, 15) is 9.59 Å². The summed E-state index contributed by atoms with van der Waals surface area (Å²) in [6.45, 7) is 2.46. The maximum absolute atomic E-state index is 13.2. The highest BCUT2D eigenvalue weighted by Gasteiger charge is 2.51. The molecule has 2 heterocycles. The Bertz CT molecular complexity index is 725. The molecule has 3 aliphatic rings. The van der Waals surface area contributed by atoms with Crippen LogP contribution in [-0.4, -0.2) is 29.2 Å². The second-order valence-electron chi connectivity index (χ2n) is 6.70. The summed E-state index contributed by atoms with van der Waals surface area (Å²) in [4.78, 5) is 27.7. The van der Waals surface area contributed by atoms with Crippen molar-refractivity contribution in [3.8, 4) is 0 Å². The molecule has 126 valence electrons. The summed E-state index contributed by atoms with van der Waals surface area (Å²) in [5, 5.41) is 0.638. The molecular weight excluding hydrogens is 326 g/mol. The number of fused-ring (bicyclic) bond motifs is 1. The third-order valence-electron chi connectivity index (χ3n) is 5.39. The monoisotopic (exact) mass is 345 g/mol. The fourth-order valence-electron chi connectivity index (χ4n) is 4.21. The summed E-state index contributed by atoms with van der Waals surface area (Å²) in [5.41, 5.74) is 1.46. The minimum absolute atomic E-state index is 0.100. The number of hydrogen-bond donors (Lipinski definition) is 0. The smallest absolute Gasteiger partial charge is 0.290 e. The quantitative estimate of drug-likeness (QED) is 0.821. The van der Waals surface area contributed by atoms with Crippen LogP contribution in [-0.2, 0) is 14.3 Å². The third kappa shape index (κ3) is 2.27. The van der Waals surface area contributed by atoms with Gasteiger partial charge in [0.25, 0.3) is 5.91 Å². The molecule has 0 saturated heterocycles. The van der Waals surface area contributed by atoms with Gasteiger partial charge in [0.05, 0.1) is 17.5 Å². The summed E-state index contributed by atoms with van der Waals surface area (Å²) in [6.07, 6.45) is 3.70. The Hall–Kier alpha value is -1.81. The van der Waals surface area contributed by atoms with E-state index in [1.165, 1.54) is 0 Å². The number of Topliss-reactive ketones (excluding diaryl/α,β-unsaturated/α-hetero) is 1. The molecule has 0 bridgehead atoms. The summed E-state index contributed by atoms with van der Waals surface area (Å²) < 4.78 is 6.05. The predicted molar refractivity (Wildman–Crippen MR) is 90.4 cm³/mol. The van der Waals surface area contributed by atoms with Gasteiger partial charge in [-0.15, -0.1) is 0 Å². The van der Waals surface area contributed by atoms with E-state index >= 15 is 0 Å². The van der Waals surface area contributed by atoms with Crippen molar-refractivity contribution in [3.05, 3.63) is 46.2 Å². The van der Waals surface area contributed by atoms with Gasteiger partial charge in [0, 0.05) is 11.6 Å². The molecule has 3 atom stereocenters. The molecule has 1 amide bonds. The van der Waals surface area contributed by atoms with Crippen LogP contribution in [0.25, 0.3) is 0 Å². The summed E-state index contributed by atoms with van der Waals surface area (Å²) in [5.74, 6) is 0.122. The van der Waals surface area contributed by atoms with Gasteiger partial charge in [-0.25, -0.2) is 0 Å². The number of amides is 1. The zero-order valence-corrected chi connectivity index (χ0v) is 14.4. The summed E-state index contributed by atoms with van der Waals surface area (Å²) in [6, 6.07) is 7.01. The van der Waals surface area contributed by atoms with Gasteiger partial charge in [-0.2, -0.15) is 0 Å². The third-order valence-corrected chi connectivity index (χ3v) is 5.64. The van der Waals surface area contributed by atoms with Crippen molar-refractivity contribution in [2.24, 2.45) is 5.92 Å². The van der Waals surface area contributed by atoms with Gasteiger partial charge in [0.2, 0.25) is 0 Å². The lowest BCUT2D eigenvalue weighted by atomic mass is 9.77. The fourth-order valence-corrected chi connectivity index (χ4v) is 4.34. The SMILES string of the molecule is CCN1C(=O)C2=C(C(=O)C3CCCCC3O2)C1c1ccc(Cl)cc1. The lowest BCUT2D eigenvalue weighted by Crippen LogP contribution is -2.39. The second kappa shape index (κ2) is 5.92. The van der Waals surface area contributed by atoms with Crippen LogP contribution in [0.3, 0.4) is 0 Å². The number of carbonyl (C=O) groups excluding carboxylic acids is 2. The molecule has 4 rings (SSSR count). The first-order valence-corrected chi connectivity index (χ1v) is 9.01. The molecule has 5 heteroatoms. The normalized spacial score (nSPS) is 29.4. The maximum atomic E-state index is 13.2. The Labute approximate surface area is 146 Å². The molecule has 1 fully saturated rings. The van der Waals surface area contributed by atoms with Crippen molar-refractivity contribution < 1.29 is 14.3 Å². The Kier molecular flexibility index (Phi) is 3.87. The lowest BCUT2D eigenvalue weighted by Gasteiger charge is -2.35. The zero-order chi connectivity index (χ0) is 16.8. The molecule has 0 radical (unpaired) electrons. The molecule has 3 unspecified atom stereocenters. The van der Waals surface area contributed by atoms with Gasteiger partial charge < -0.3 is 9.64 Å². The molecule has 0 aromatic heterocycles. The predicted octanol–water partition coefficient (Wildman–Crippen LogP) is 3.66. The Morgan fingerprint density at radius 2 is 1.88 bits per heavy atom. The van der Waals surface area contributed by atoms with Gasteiger partial charge in [-0.05, 0) is 43.9 Å². The molecule has 1 saturated carbocycles. The number of benzene rings is 1. The number of hydrogen-bond acceptors (Lipinski definition) is 3. The molecule has 4 nitrogen and oxygen atoms in total. The van der Waals surface area contributed by atoms with E-state index in [0.29, 0.717) is 17.1 Å². The number of halogens is 1. The summed E-state index contributed by atoms with van der Waals surface area (Å²) in [7, 11) is 0. The maximum Gasteiger partial charge on any atom is 0.290 e. The molecule has 1 aliphatic carbocycles. The summed E-state index contributed by atoms with van der Waals surface area (Å²) >= 11 is 5.99. The van der Waals surface area contributed by atoms with E-state index < -0.39 is 0 Å².